The lowest BCUT2D eigenvalue weighted by atomic mass is 9.96. The van der Waals surface area contributed by atoms with Gasteiger partial charge in [0.15, 0.2) is 0 Å². The lowest BCUT2D eigenvalue weighted by Crippen LogP contribution is -2.33. The summed E-state index contributed by atoms with van der Waals surface area (Å²) in [6, 6.07) is 9.59. The van der Waals surface area contributed by atoms with Gasteiger partial charge in [0.25, 0.3) is 5.91 Å². The number of nitrogens with one attached hydrogen (secondary N) is 2. The number of hydrogen-bond acceptors (Lipinski definition) is 3. The standard InChI is InChI=1S/C19H25ClN4O/c1-13(2)18(15-7-3-4-8-16(15)20)22-19(25)17-9-11-24(23-17)14-6-5-10-21-12-14/h3-4,7-9,11,13-14,18,21H,5-6,10,12H2,1-2H3,(H,22,25). The third kappa shape index (κ3) is 4.22. The molecule has 1 saturated heterocycles. The molecule has 2 heterocycles. The van der Waals surface area contributed by atoms with Crippen LogP contribution in [0, 0.1) is 5.92 Å². The first-order valence-electron chi connectivity index (χ1n) is 8.87. The molecule has 1 aromatic carbocycles. The van der Waals surface area contributed by atoms with E-state index < -0.39 is 0 Å². The molecular weight excluding hydrogens is 336 g/mol. The van der Waals surface area contributed by atoms with Crippen molar-refractivity contribution >= 4 is 17.5 Å². The van der Waals surface area contributed by atoms with E-state index in [0.29, 0.717) is 16.8 Å². The smallest absolute Gasteiger partial charge is 0.272 e. The fourth-order valence-corrected chi connectivity index (χ4v) is 3.52. The van der Waals surface area contributed by atoms with Crippen LogP contribution in [0.4, 0.5) is 0 Å². The first-order valence-corrected chi connectivity index (χ1v) is 9.25. The number of aromatic nitrogens is 2. The average Bonchev–Trinajstić information content (AvgIpc) is 3.11. The maximum atomic E-state index is 12.7. The molecule has 2 unspecified atom stereocenters. The highest BCUT2D eigenvalue weighted by molar-refractivity contribution is 6.31. The molecule has 0 aliphatic carbocycles. The molecule has 2 aromatic rings. The number of halogens is 1. The maximum Gasteiger partial charge on any atom is 0.272 e. The van der Waals surface area contributed by atoms with E-state index in [0.717, 1.165) is 31.5 Å². The molecule has 1 aliphatic heterocycles. The van der Waals surface area contributed by atoms with Crippen molar-refractivity contribution in [2.24, 2.45) is 5.92 Å². The highest BCUT2D eigenvalue weighted by atomic mass is 35.5. The van der Waals surface area contributed by atoms with E-state index in [4.69, 9.17) is 11.6 Å². The van der Waals surface area contributed by atoms with Crippen LogP contribution in [0.2, 0.25) is 5.02 Å². The predicted octanol–water partition coefficient (Wildman–Crippen LogP) is 3.59. The van der Waals surface area contributed by atoms with Crippen LogP contribution in [0.1, 0.15) is 54.8 Å². The van der Waals surface area contributed by atoms with Crippen molar-refractivity contribution in [1.29, 1.82) is 0 Å². The second-order valence-corrected chi connectivity index (χ2v) is 7.31. The minimum absolute atomic E-state index is 0.150. The zero-order valence-electron chi connectivity index (χ0n) is 14.7. The molecule has 0 saturated carbocycles. The molecular formula is C19H25ClN4O. The number of piperidine rings is 1. The number of nitrogens with zero attached hydrogens (tertiary/aromatic N) is 2. The Balaban J connectivity index is 1.74. The van der Waals surface area contributed by atoms with E-state index in [9.17, 15) is 4.79 Å². The van der Waals surface area contributed by atoms with Crippen molar-refractivity contribution in [1.82, 2.24) is 20.4 Å². The van der Waals surface area contributed by atoms with Crippen LogP contribution in [0.3, 0.4) is 0 Å². The summed E-state index contributed by atoms with van der Waals surface area (Å²) in [5.41, 5.74) is 1.38. The number of hydrogen-bond donors (Lipinski definition) is 2. The Hall–Kier alpha value is -1.85. The Kier molecular flexibility index (Phi) is 5.76. The Labute approximate surface area is 153 Å². The molecule has 1 aromatic heterocycles. The zero-order valence-corrected chi connectivity index (χ0v) is 15.5. The first-order chi connectivity index (χ1) is 12.1. The molecule has 1 aliphatic rings. The van der Waals surface area contributed by atoms with Crippen molar-refractivity contribution in [3.05, 3.63) is 52.8 Å². The molecule has 1 fully saturated rings. The van der Waals surface area contributed by atoms with Gasteiger partial charge in [-0.2, -0.15) is 5.10 Å². The van der Waals surface area contributed by atoms with Crippen molar-refractivity contribution in [2.45, 2.75) is 38.8 Å². The molecule has 3 rings (SSSR count). The molecule has 25 heavy (non-hydrogen) atoms. The van der Waals surface area contributed by atoms with Gasteiger partial charge >= 0.3 is 0 Å². The molecule has 5 nitrogen and oxygen atoms in total. The summed E-state index contributed by atoms with van der Waals surface area (Å²) in [6.07, 6.45) is 4.12. The fourth-order valence-electron chi connectivity index (χ4n) is 3.27. The molecule has 134 valence electrons. The third-order valence-corrected chi connectivity index (χ3v) is 5.02. The van der Waals surface area contributed by atoms with Crippen molar-refractivity contribution in [3.63, 3.8) is 0 Å². The summed E-state index contributed by atoms with van der Waals surface area (Å²) in [4.78, 5) is 12.7. The van der Waals surface area contributed by atoms with Gasteiger partial charge in [0.1, 0.15) is 5.69 Å². The molecule has 0 radical (unpaired) electrons. The summed E-state index contributed by atoms with van der Waals surface area (Å²) in [5, 5.41) is 11.6. The highest BCUT2D eigenvalue weighted by Crippen LogP contribution is 2.28. The van der Waals surface area contributed by atoms with Gasteiger partial charge < -0.3 is 10.6 Å². The lowest BCUT2D eigenvalue weighted by molar-refractivity contribution is 0.0919. The van der Waals surface area contributed by atoms with E-state index in [-0.39, 0.29) is 17.9 Å². The van der Waals surface area contributed by atoms with Crippen LogP contribution >= 0.6 is 11.6 Å². The van der Waals surface area contributed by atoms with Crippen LogP contribution in [0.15, 0.2) is 36.5 Å². The number of benzene rings is 1. The molecule has 1 amide bonds. The van der Waals surface area contributed by atoms with Gasteiger partial charge in [0.05, 0.1) is 12.1 Å². The normalized spacial score (nSPS) is 19.0. The average molecular weight is 361 g/mol. The summed E-state index contributed by atoms with van der Waals surface area (Å²) < 4.78 is 1.90. The van der Waals surface area contributed by atoms with Gasteiger partial charge in [0, 0.05) is 17.8 Å². The van der Waals surface area contributed by atoms with Gasteiger partial charge in [-0.1, -0.05) is 43.6 Å². The lowest BCUT2D eigenvalue weighted by Gasteiger charge is -2.24. The minimum atomic E-state index is -0.166. The maximum absolute atomic E-state index is 12.7. The Morgan fingerprint density at radius 1 is 1.36 bits per heavy atom. The topological polar surface area (TPSA) is 59.0 Å². The highest BCUT2D eigenvalue weighted by Gasteiger charge is 2.23. The van der Waals surface area contributed by atoms with Gasteiger partial charge in [-0.25, -0.2) is 0 Å². The molecule has 0 bridgehead atoms. The Morgan fingerprint density at radius 2 is 2.16 bits per heavy atom. The molecule has 2 atom stereocenters. The van der Waals surface area contributed by atoms with Gasteiger partial charge in [0.2, 0.25) is 0 Å². The molecule has 0 spiro atoms. The Bertz CT molecular complexity index is 722. The van der Waals surface area contributed by atoms with Crippen LogP contribution in [-0.2, 0) is 0 Å². The summed E-state index contributed by atoms with van der Waals surface area (Å²) in [7, 11) is 0. The van der Waals surface area contributed by atoms with E-state index in [1.807, 2.05) is 35.1 Å². The van der Waals surface area contributed by atoms with E-state index in [2.05, 4.69) is 29.6 Å². The monoisotopic (exact) mass is 360 g/mol. The van der Waals surface area contributed by atoms with E-state index in [1.54, 1.807) is 6.07 Å². The second kappa shape index (κ2) is 8.02. The number of amides is 1. The van der Waals surface area contributed by atoms with Crippen molar-refractivity contribution < 1.29 is 4.79 Å². The van der Waals surface area contributed by atoms with E-state index in [1.165, 1.54) is 0 Å². The number of carbonyl (C=O) groups excluding carboxylic acids is 1. The summed E-state index contributed by atoms with van der Waals surface area (Å²) in [6.45, 7) is 6.09. The minimum Gasteiger partial charge on any atom is -0.344 e. The van der Waals surface area contributed by atoms with Crippen molar-refractivity contribution in [3.8, 4) is 0 Å². The van der Waals surface area contributed by atoms with Crippen LogP contribution < -0.4 is 10.6 Å². The SMILES string of the molecule is CC(C)C(NC(=O)c1ccn(C2CCCNC2)n1)c1ccccc1Cl. The quantitative estimate of drug-likeness (QED) is 0.856. The zero-order chi connectivity index (χ0) is 17.8. The van der Waals surface area contributed by atoms with Crippen LogP contribution in [-0.4, -0.2) is 28.8 Å². The van der Waals surface area contributed by atoms with E-state index >= 15 is 0 Å². The largest absolute Gasteiger partial charge is 0.344 e. The van der Waals surface area contributed by atoms with Crippen molar-refractivity contribution in [2.75, 3.05) is 13.1 Å². The predicted molar refractivity (Wildman–Crippen MR) is 99.9 cm³/mol. The van der Waals surface area contributed by atoms with Crippen LogP contribution in [0.5, 0.6) is 0 Å². The molecule has 6 heteroatoms. The first kappa shape index (κ1) is 18.0. The Morgan fingerprint density at radius 3 is 2.84 bits per heavy atom. The van der Waals surface area contributed by atoms with Crippen LogP contribution in [0.25, 0.3) is 0 Å². The fraction of sp³-hybridized carbons (Fsp3) is 0.474. The summed E-state index contributed by atoms with van der Waals surface area (Å²) >= 11 is 6.32. The van der Waals surface area contributed by atoms with Gasteiger partial charge in [-0.3, -0.25) is 9.48 Å². The second-order valence-electron chi connectivity index (χ2n) is 6.90. The number of rotatable bonds is 5. The van der Waals surface area contributed by atoms with Gasteiger partial charge in [-0.15, -0.1) is 0 Å². The summed E-state index contributed by atoms with van der Waals surface area (Å²) in [5.74, 6) is 0.0506. The number of carbonyl (C=O) groups is 1. The van der Waals surface area contributed by atoms with Gasteiger partial charge in [-0.05, 0) is 43.0 Å². The molecule has 2 N–H and O–H groups in total. The third-order valence-electron chi connectivity index (χ3n) is 4.68.